The van der Waals surface area contributed by atoms with E-state index in [0.29, 0.717) is 26.9 Å². The van der Waals surface area contributed by atoms with Gasteiger partial charge in [0.15, 0.2) is 0 Å². The van der Waals surface area contributed by atoms with E-state index >= 15 is 0 Å². The van der Waals surface area contributed by atoms with Crippen LogP contribution >= 0.6 is 23.2 Å². The SMILES string of the molecule is CCC[C@H](c1ccc(C(=O)NCCC(=O)O)cc1)[C@@H](Oc1cc(Cl)cc(C#N)c1)c1ccc(Cl)cc1. The minimum atomic E-state index is -0.970. The van der Waals surface area contributed by atoms with Crippen molar-refractivity contribution < 1.29 is 19.4 Å². The van der Waals surface area contributed by atoms with Crippen LogP contribution in [0.4, 0.5) is 0 Å². The second-order valence-corrected chi connectivity index (χ2v) is 9.17. The molecule has 0 spiro atoms. The van der Waals surface area contributed by atoms with E-state index in [1.807, 2.05) is 24.3 Å². The molecular weight excluding hydrogens is 499 g/mol. The zero-order valence-electron chi connectivity index (χ0n) is 19.7. The summed E-state index contributed by atoms with van der Waals surface area (Å²) in [5, 5.41) is 21.7. The van der Waals surface area contributed by atoms with Crippen LogP contribution in [0.3, 0.4) is 0 Å². The number of hydrogen-bond acceptors (Lipinski definition) is 4. The highest BCUT2D eigenvalue weighted by Gasteiger charge is 2.27. The minimum absolute atomic E-state index is 0.0607. The predicted molar refractivity (Wildman–Crippen MR) is 140 cm³/mol. The maximum absolute atomic E-state index is 12.4. The van der Waals surface area contributed by atoms with Gasteiger partial charge in [-0.05, 0) is 60.0 Å². The molecule has 1 amide bonds. The van der Waals surface area contributed by atoms with Crippen LogP contribution in [0.2, 0.25) is 10.0 Å². The Bertz CT molecular complexity index is 1240. The standard InChI is InChI=1S/C28H26Cl2N2O4/c1-2-3-25(19-4-6-21(7-5-19)28(35)32-13-12-26(33)34)27(20-8-10-22(29)11-9-20)36-24-15-18(17-31)14-23(30)16-24/h4-11,14-16,25,27H,2-3,12-13H2,1H3,(H,32,35)(H,33,34)/t25-,27+/m1/s1. The lowest BCUT2D eigenvalue weighted by atomic mass is 9.85. The molecule has 0 aliphatic heterocycles. The number of nitrogens with zero attached hydrogens (tertiary/aromatic N) is 1. The van der Waals surface area contributed by atoms with Crippen molar-refractivity contribution in [1.29, 1.82) is 5.26 Å². The van der Waals surface area contributed by atoms with Crippen LogP contribution in [0.1, 0.15) is 65.3 Å². The molecule has 0 aromatic heterocycles. The largest absolute Gasteiger partial charge is 0.485 e. The molecule has 0 bridgehead atoms. The van der Waals surface area contributed by atoms with E-state index in [1.54, 1.807) is 42.5 Å². The van der Waals surface area contributed by atoms with E-state index in [1.165, 1.54) is 0 Å². The fraction of sp³-hybridized carbons (Fsp3) is 0.250. The van der Waals surface area contributed by atoms with Crippen molar-refractivity contribution in [3.63, 3.8) is 0 Å². The summed E-state index contributed by atoms with van der Waals surface area (Å²) in [5.74, 6) is -0.898. The topological polar surface area (TPSA) is 99.4 Å². The van der Waals surface area contributed by atoms with Gasteiger partial charge in [0, 0.05) is 28.1 Å². The van der Waals surface area contributed by atoms with Crippen LogP contribution in [-0.2, 0) is 4.79 Å². The van der Waals surface area contributed by atoms with Gasteiger partial charge in [0.2, 0.25) is 0 Å². The molecule has 3 aromatic carbocycles. The van der Waals surface area contributed by atoms with E-state index in [-0.39, 0.29) is 24.8 Å². The quantitative estimate of drug-likeness (QED) is 0.288. The van der Waals surface area contributed by atoms with Crippen LogP contribution < -0.4 is 10.1 Å². The molecule has 0 heterocycles. The Kier molecular flexibility index (Phi) is 9.75. The maximum Gasteiger partial charge on any atom is 0.305 e. The third-order valence-electron chi connectivity index (χ3n) is 5.65. The normalized spacial score (nSPS) is 12.3. The van der Waals surface area contributed by atoms with E-state index in [9.17, 15) is 14.9 Å². The number of rotatable bonds is 11. The number of carbonyl (C=O) groups excluding carboxylic acids is 1. The average Bonchev–Trinajstić information content (AvgIpc) is 2.86. The summed E-state index contributed by atoms with van der Waals surface area (Å²) < 4.78 is 6.47. The average molecular weight is 525 g/mol. The Labute approximate surface area is 220 Å². The van der Waals surface area contributed by atoms with Crippen molar-refractivity contribution in [2.24, 2.45) is 0 Å². The zero-order valence-corrected chi connectivity index (χ0v) is 21.2. The lowest BCUT2D eigenvalue weighted by molar-refractivity contribution is -0.136. The number of nitrogens with one attached hydrogen (secondary N) is 1. The van der Waals surface area contributed by atoms with E-state index in [0.717, 1.165) is 24.0 Å². The van der Waals surface area contributed by atoms with Gasteiger partial charge in [0.1, 0.15) is 11.9 Å². The summed E-state index contributed by atoms with van der Waals surface area (Å²) in [6, 6.07) is 21.7. The van der Waals surface area contributed by atoms with Crippen molar-refractivity contribution >= 4 is 35.1 Å². The first-order chi connectivity index (χ1) is 17.3. The molecule has 2 N–H and O–H groups in total. The lowest BCUT2D eigenvalue weighted by Gasteiger charge is -2.29. The number of halogens is 2. The first-order valence-electron chi connectivity index (χ1n) is 11.5. The Morgan fingerprint density at radius 2 is 1.67 bits per heavy atom. The Morgan fingerprint density at radius 3 is 2.28 bits per heavy atom. The maximum atomic E-state index is 12.4. The van der Waals surface area contributed by atoms with Crippen LogP contribution in [0.15, 0.2) is 66.7 Å². The number of nitriles is 1. The highest BCUT2D eigenvalue weighted by molar-refractivity contribution is 6.31. The summed E-state index contributed by atoms with van der Waals surface area (Å²) in [6.07, 6.45) is 1.12. The number of aliphatic carboxylic acids is 1. The second-order valence-electron chi connectivity index (χ2n) is 8.29. The highest BCUT2D eigenvalue weighted by Crippen LogP contribution is 2.39. The number of amides is 1. The summed E-state index contributed by atoms with van der Waals surface area (Å²) in [7, 11) is 0. The number of carboxylic acid groups (broad SMARTS) is 1. The molecule has 36 heavy (non-hydrogen) atoms. The molecule has 3 rings (SSSR count). The van der Waals surface area contributed by atoms with Gasteiger partial charge in [-0.25, -0.2) is 0 Å². The van der Waals surface area contributed by atoms with Gasteiger partial charge in [0.05, 0.1) is 18.1 Å². The Hall–Kier alpha value is -3.53. The molecule has 0 saturated carbocycles. The van der Waals surface area contributed by atoms with Crippen molar-refractivity contribution in [3.05, 3.63) is 99.0 Å². The first-order valence-corrected chi connectivity index (χ1v) is 12.3. The minimum Gasteiger partial charge on any atom is -0.485 e. The van der Waals surface area contributed by atoms with Crippen molar-refractivity contribution in [2.45, 2.75) is 38.2 Å². The molecule has 6 nitrogen and oxygen atoms in total. The summed E-state index contributed by atoms with van der Waals surface area (Å²) in [6.45, 7) is 2.15. The fourth-order valence-corrected chi connectivity index (χ4v) is 4.30. The van der Waals surface area contributed by atoms with Crippen LogP contribution in [-0.4, -0.2) is 23.5 Å². The molecule has 2 atom stereocenters. The predicted octanol–water partition coefficient (Wildman–Crippen LogP) is 6.77. The Morgan fingerprint density at radius 1 is 1.00 bits per heavy atom. The van der Waals surface area contributed by atoms with Gasteiger partial charge >= 0.3 is 5.97 Å². The third kappa shape index (κ3) is 7.48. The van der Waals surface area contributed by atoms with E-state index in [4.69, 9.17) is 33.0 Å². The smallest absolute Gasteiger partial charge is 0.305 e. The summed E-state index contributed by atoms with van der Waals surface area (Å²) in [5.41, 5.74) is 2.72. The van der Waals surface area contributed by atoms with Gasteiger partial charge in [-0.3, -0.25) is 9.59 Å². The van der Waals surface area contributed by atoms with Crippen molar-refractivity contribution in [2.75, 3.05) is 6.54 Å². The number of carboxylic acids is 1. The molecule has 0 unspecified atom stereocenters. The number of ether oxygens (including phenoxy) is 1. The van der Waals surface area contributed by atoms with Gasteiger partial charge in [-0.2, -0.15) is 5.26 Å². The van der Waals surface area contributed by atoms with Gasteiger partial charge < -0.3 is 15.2 Å². The van der Waals surface area contributed by atoms with Gasteiger partial charge in [-0.15, -0.1) is 0 Å². The van der Waals surface area contributed by atoms with E-state index in [2.05, 4.69) is 18.3 Å². The third-order valence-corrected chi connectivity index (χ3v) is 6.12. The number of hydrogen-bond donors (Lipinski definition) is 2. The molecule has 8 heteroatoms. The lowest BCUT2D eigenvalue weighted by Crippen LogP contribution is -2.26. The van der Waals surface area contributed by atoms with Crippen LogP contribution in [0.5, 0.6) is 5.75 Å². The summed E-state index contributed by atoms with van der Waals surface area (Å²) >= 11 is 12.3. The molecule has 0 fully saturated rings. The monoisotopic (exact) mass is 524 g/mol. The fourth-order valence-electron chi connectivity index (χ4n) is 3.95. The highest BCUT2D eigenvalue weighted by atomic mass is 35.5. The van der Waals surface area contributed by atoms with Gasteiger partial charge in [-0.1, -0.05) is 60.8 Å². The van der Waals surface area contributed by atoms with Crippen LogP contribution in [0.25, 0.3) is 0 Å². The van der Waals surface area contributed by atoms with Gasteiger partial charge in [0.25, 0.3) is 5.91 Å². The molecule has 186 valence electrons. The Balaban J connectivity index is 1.93. The second kappa shape index (κ2) is 13.0. The molecule has 0 radical (unpaired) electrons. The molecule has 0 aliphatic carbocycles. The number of carbonyl (C=O) groups is 2. The first kappa shape index (κ1) is 27.1. The summed E-state index contributed by atoms with van der Waals surface area (Å²) in [4.78, 5) is 23.1. The van der Waals surface area contributed by atoms with Crippen LogP contribution in [0, 0.1) is 11.3 Å². The molecule has 3 aromatic rings. The van der Waals surface area contributed by atoms with Crippen molar-refractivity contribution in [3.8, 4) is 11.8 Å². The van der Waals surface area contributed by atoms with Crippen molar-refractivity contribution in [1.82, 2.24) is 5.32 Å². The molecule has 0 aliphatic rings. The van der Waals surface area contributed by atoms with E-state index < -0.39 is 12.1 Å². The molecular formula is C28H26Cl2N2O4. The number of benzene rings is 3. The molecule has 0 saturated heterocycles. The zero-order chi connectivity index (χ0) is 26.1.